The van der Waals surface area contributed by atoms with Gasteiger partial charge in [-0.2, -0.15) is 0 Å². The minimum Gasteiger partial charge on any atom is -0.376 e. The van der Waals surface area contributed by atoms with Crippen molar-refractivity contribution in [3.63, 3.8) is 0 Å². The van der Waals surface area contributed by atoms with Crippen LogP contribution in [0.25, 0.3) is 0 Å². The van der Waals surface area contributed by atoms with Gasteiger partial charge < -0.3 is 10.1 Å². The SMILES string of the molecule is C=C(C)COCCN1CCC(NCCC)CC1C. The van der Waals surface area contributed by atoms with Gasteiger partial charge in [0.2, 0.25) is 0 Å². The molecule has 0 aromatic carbocycles. The summed E-state index contributed by atoms with van der Waals surface area (Å²) in [6, 6.07) is 1.38. The second kappa shape index (κ2) is 8.68. The van der Waals surface area contributed by atoms with Crippen LogP contribution in [0.3, 0.4) is 0 Å². The zero-order chi connectivity index (χ0) is 13.4. The van der Waals surface area contributed by atoms with E-state index in [1.165, 1.54) is 25.8 Å². The Labute approximate surface area is 113 Å². The Morgan fingerprint density at radius 2 is 2.28 bits per heavy atom. The molecule has 0 aliphatic carbocycles. The second-order valence-corrected chi connectivity index (χ2v) is 5.57. The zero-order valence-electron chi connectivity index (χ0n) is 12.4. The van der Waals surface area contributed by atoms with E-state index in [-0.39, 0.29) is 0 Å². The monoisotopic (exact) mass is 254 g/mol. The molecule has 3 nitrogen and oxygen atoms in total. The molecule has 2 unspecified atom stereocenters. The first kappa shape index (κ1) is 15.7. The molecule has 1 aliphatic rings. The van der Waals surface area contributed by atoms with Gasteiger partial charge in [-0.25, -0.2) is 0 Å². The van der Waals surface area contributed by atoms with Crippen LogP contribution in [0.2, 0.25) is 0 Å². The van der Waals surface area contributed by atoms with Crippen molar-refractivity contribution in [2.75, 3.05) is 32.8 Å². The minimum atomic E-state index is 0.668. The van der Waals surface area contributed by atoms with Crippen molar-refractivity contribution in [2.45, 2.75) is 52.1 Å². The Bertz CT molecular complexity index is 243. The highest BCUT2D eigenvalue weighted by Crippen LogP contribution is 2.16. The smallest absolute Gasteiger partial charge is 0.0672 e. The van der Waals surface area contributed by atoms with Crippen molar-refractivity contribution in [1.29, 1.82) is 0 Å². The Morgan fingerprint density at radius 3 is 2.89 bits per heavy atom. The van der Waals surface area contributed by atoms with Crippen molar-refractivity contribution < 1.29 is 4.74 Å². The maximum Gasteiger partial charge on any atom is 0.0672 e. The van der Waals surface area contributed by atoms with Crippen molar-refractivity contribution in [2.24, 2.45) is 0 Å². The molecule has 1 N–H and O–H groups in total. The standard InChI is InChI=1S/C15H30N2O/c1-5-7-16-15-6-8-17(14(4)11-15)9-10-18-12-13(2)3/h14-16H,2,5-12H2,1,3-4H3. The van der Waals surface area contributed by atoms with Crippen LogP contribution in [-0.2, 0) is 4.74 Å². The Hall–Kier alpha value is -0.380. The van der Waals surface area contributed by atoms with E-state index in [0.29, 0.717) is 18.7 Å². The van der Waals surface area contributed by atoms with Crippen LogP contribution >= 0.6 is 0 Å². The molecule has 0 spiro atoms. The van der Waals surface area contributed by atoms with Crippen LogP contribution < -0.4 is 5.32 Å². The topological polar surface area (TPSA) is 24.5 Å². The molecule has 0 aromatic rings. The van der Waals surface area contributed by atoms with Crippen LogP contribution in [-0.4, -0.2) is 49.8 Å². The normalized spacial score (nSPS) is 25.3. The number of nitrogens with one attached hydrogen (secondary N) is 1. The van der Waals surface area contributed by atoms with E-state index in [0.717, 1.165) is 25.3 Å². The fourth-order valence-corrected chi connectivity index (χ4v) is 2.51. The molecule has 18 heavy (non-hydrogen) atoms. The van der Waals surface area contributed by atoms with Crippen molar-refractivity contribution >= 4 is 0 Å². The van der Waals surface area contributed by atoms with Crippen LogP contribution in [0.1, 0.15) is 40.0 Å². The van der Waals surface area contributed by atoms with Crippen molar-refractivity contribution in [3.05, 3.63) is 12.2 Å². The predicted molar refractivity (Wildman–Crippen MR) is 78.0 cm³/mol. The highest BCUT2D eigenvalue weighted by molar-refractivity contribution is 4.87. The molecule has 1 fully saturated rings. The average Bonchev–Trinajstić information content (AvgIpc) is 2.33. The Morgan fingerprint density at radius 1 is 1.50 bits per heavy atom. The average molecular weight is 254 g/mol. The van der Waals surface area contributed by atoms with Crippen molar-refractivity contribution in [3.8, 4) is 0 Å². The number of ether oxygens (including phenoxy) is 1. The third kappa shape index (κ3) is 5.98. The van der Waals surface area contributed by atoms with E-state index in [1.54, 1.807) is 0 Å². The lowest BCUT2D eigenvalue weighted by Gasteiger charge is -2.38. The largest absolute Gasteiger partial charge is 0.376 e. The maximum absolute atomic E-state index is 5.58. The lowest BCUT2D eigenvalue weighted by Crippen LogP contribution is -2.48. The van der Waals surface area contributed by atoms with Gasteiger partial charge in [-0.1, -0.05) is 19.1 Å². The van der Waals surface area contributed by atoms with Crippen LogP contribution in [0.15, 0.2) is 12.2 Å². The molecule has 0 amide bonds. The van der Waals surface area contributed by atoms with E-state index < -0.39 is 0 Å². The van der Waals surface area contributed by atoms with Crippen LogP contribution in [0, 0.1) is 0 Å². The summed E-state index contributed by atoms with van der Waals surface area (Å²) in [4.78, 5) is 2.54. The first-order valence-electron chi connectivity index (χ1n) is 7.33. The number of hydrogen-bond acceptors (Lipinski definition) is 3. The molecule has 0 radical (unpaired) electrons. The molecule has 2 atom stereocenters. The number of piperidine rings is 1. The summed E-state index contributed by atoms with van der Waals surface area (Å²) in [5, 5.41) is 3.63. The van der Waals surface area contributed by atoms with E-state index in [2.05, 4.69) is 30.6 Å². The number of nitrogens with zero attached hydrogens (tertiary/aromatic N) is 1. The molecule has 1 aliphatic heterocycles. The van der Waals surface area contributed by atoms with Gasteiger partial charge in [0.15, 0.2) is 0 Å². The van der Waals surface area contributed by atoms with E-state index >= 15 is 0 Å². The van der Waals surface area contributed by atoms with Gasteiger partial charge in [-0.05, 0) is 46.2 Å². The molecule has 0 saturated carbocycles. The first-order chi connectivity index (χ1) is 8.63. The maximum atomic E-state index is 5.58. The molecule has 0 aromatic heterocycles. The Kier molecular flexibility index (Phi) is 7.56. The fourth-order valence-electron chi connectivity index (χ4n) is 2.51. The number of rotatable bonds is 8. The molecule has 1 saturated heterocycles. The summed E-state index contributed by atoms with van der Waals surface area (Å²) >= 11 is 0. The third-order valence-electron chi connectivity index (χ3n) is 3.57. The highest BCUT2D eigenvalue weighted by atomic mass is 16.5. The summed E-state index contributed by atoms with van der Waals surface area (Å²) in [7, 11) is 0. The Balaban J connectivity index is 2.15. The molecule has 106 valence electrons. The summed E-state index contributed by atoms with van der Waals surface area (Å²) in [5.74, 6) is 0. The summed E-state index contributed by atoms with van der Waals surface area (Å²) in [5.41, 5.74) is 1.10. The van der Waals surface area contributed by atoms with Crippen LogP contribution in [0.4, 0.5) is 0 Å². The third-order valence-corrected chi connectivity index (χ3v) is 3.57. The molecule has 3 heteroatoms. The van der Waals surface area contributed by atoms with Gasteiger partial charge in [0, 0.05) is 18.6 Å². The zero-order valence-corrected chi connectivity index (χ0v) is 12.4. The van der Waals surface area contributed by atoms with Gasteiger partial charge in [0.05, 0.1) is 13.2 Å². The molecular weight excluding hydrogens is 224 g/mol. The number of likely N-dealkylation sites (tertiary alicyclic amines) is 1. The van der Waals surface area contributed by atoms with Gasteiger partial charge in [0.25, 0.3) is 0 Å². The lowest BCUT2D eigenvalue weighted by molar-refractivity contribution is 0.0777. The van der Waals surface area contributed by atoms with Gasteiger partial charge in [0.1, 0.15) is 0 Å². The fraction of sp³-hybridized carbons (Fsp3) is 0.867. The summed E-state index contributed by atoms with van der Waals surface area (Å²) in [6.07, 6.45) is 3.76. The second-order valence-electron chi connectivity index (χ2n) is 5.57. The van der Waals surface area contributed by atoms with Gasteiger partial charge in [-0.15, -0.1) is 0 Å². The van der Waals surface area contributed by atoms with E-state index in [9.17, 15) is 0 Å². The van der Waals surface area contributed by atoms with E-state index in [4.69, 9.17) is 4.74 Å². The van der Waals surface area contributed by atoms with Gasteiger partial charge in [-0.3, -0.25) is 4.90 Å². The van der Waals surface area contributed by atoms with Crippen molar-refractivity contribution in [1.82, 2.24) is 10.2 Å². The predicted octanol–water partition coefficient (Wildman–Crippen LogP) is 2.43. The summed E-state index contributed by atoms with van der Waals surface area (Å²) < 4.78 is 5.58. The minimum absolute atomic E-state index is 0.668. The van der Waals surface area contributed by atoms with Crippen LogP contribution in [0.5, 0.6) is 0 Å². The molecular formula is C15H30N2O. The highest BCUT2D eigenvalue weighted by Gasteiger charge is 2.24. The quantitative estimate of drug-likeness (QED) is 0.532. The molecule has 0 bridgehead atoms. The number of hydrogen-bond donors (Lipinski definition) is 1. The van der Waals surface area contributed by atoms with E-state index in [1.807, 2.05) is 6.92 Å². The first-order valence-corrected chi connectivity index (χ1v) is 7.33. The van der Waals surface area contributed by atoms with Gasteiger partial charge >= 0.3 is 0 Å². The lowest BCUT2D eigenvalue weighted by atomic mass is 9.98. The molecule has 1 rings (SSSR count). The molecule has 1 heterocycles. The summed E-state index contributed by atoms with van der Waals surface area (Å²) in [6.45, 7) is 15.3.